The highest BCUT2D eigenvalue weighted by atomic mass is 16.5. The molecule has 1 aromatic carbocycles. The molecule has 2 saturated heterocycles. The third-order valence-corrected chi connectivity index (χ3v) is 5.93. The van der Waals surface area contributed by atoms with E-state index >= 15 is 0 Å². The number of hydrogen-bond donors (Lipinski definition) is 2. The molecule has 2 heterocycles. The molecule has 3 aliphatic rings. The molecule has 25 heavy (non-hydrogen) atoms. The molecule has 3 atom stereocenters. The summed E-state index contributed by atoms with van der Waals surface area (Å²) in [5.41, 5.74) is 2.32. The lowest BCUT2D eigenvalue weighted by atomic mass is 9.94. The number of morpholine rings is 1. The van der Waals surface area contributed by atoms with Gasteiger partial charge in [0.15, 0.2) is 0 Å². The Morgan fingerprint density at radius 1 is 1.20 bits per heavy atom. The van der Waals surface area contributed by atoms with Gasteiger partial charge in [-0.3, -0.25) is 4.79 Å². The molecule has 2 N–H and O–H groups in total. The van der Waals surface area contributed by atoms with E-state index in [-0.39, 0.29) is 5.91 Å². The van der Waals surface area contributed by atoms with Crippen molar-refractivity contribution in [2.24, 2.45) is 5.92 Å². The van der Waals surface area contributed by atoms with E-state index in [4.69, 9.17) is 4.74 Å². The summed E-state index contributed by atoms with van der Waals surface area (Å²) in [7, 11) is 0. The minimum absolute atomic E-state index is 0.252. The fourth-order valence-corrected chi connectivity index (χ4v) is 4.55. The standard InChI is InChI=1S/C20H29N3O2/c24-20-5-2-11-23(20)16-8-6-15(7-9-16)13-22-18-4-1-3-17(18)19-14-25-12-10-21-19/h6-9,17-19,21-22H,1-5,10-14H2. The molecule has 2 aliphatic heterocycles. The SMILES string of the molecule is O=C1CCCN1c1ccc(CNC2CCCC2C2COCCN2)cc1. The van der Waals surface area contributed by atoms with Crippen molar-refractivity contribution in [1.29, 1.82) is 0 Å². The van der Waals surface area contributed by atoms with Gasteiger partial charge in [0, 0.05) is 43.8 Å². The van der Waals surface area contributed by atoms with E-state index in [0.717, 1.165) is 45.0 Å². The van der Waals surface area contributed by atoms with E-state index in [0.29, 0.717) is 24.4 Å². The molecule has 4 rings (SSSR count). The summed E-state index contributed by atoms with van der Waals surface area (Å²) in [6.45, 7) is 4.42. The van der Waals surface area contributed by atoms with Crippen LogP contribution in [0.1, 0.15) is 37.7 Å². The van der Waals surface area contributed by atoms with E-state index in [1.807, 2.05) is 4.90 Å². The lowest BCUT2D eigenvalue weighted by Gasteiger charge is -2.33. The van der Waals surface area contributed by atoms with E-state index in [9.17, 15) is 4.79 Å². The summed E-state index contributed by atoms with van der Waals surface area (Å²) in [5, 5.41) is 7.40. The molecule has 1 saturated carbocycles. The van der Waals surface area contributed by atoms with Gasteiger partial charge in [-0.05, 0) is 42.9 Å². The first-order valence-corrected chi connectivity index (χ1v) is 9.75. The highest BCUT2D eigenvalue weighted by Gasteiger charge is 2.34. The predicted molar refractivity (Wildman–Crippen MR) is 98.6 cm³/mol. The van der Waals surface area contributed by atoms with Crippen molar-refractivity contribution in [3.8, 4) is 0 Å². The zero-order valence-electron chi connectivity index (χ0n) is 14.9. The quantitative estimate of drug-likeness (QED) is 0.859. The smallest absolute Gasteiger partial charge is 0.227 e. The Bertz CT molecular complexity index is 583. The largest absolute Gasteiger partial charge is 0.379 e. The minimum atomic E-state index is 0.252. The Labute approximate surface area is 150 Å². The average Bonchev–Trinajstić information content (AvgIpc) is 3.30. The molecule has 1 aromatic rings. The van der Waals surface area contributed by atoms with Gasteiger partial charge in [-0.1, -0.05) is 18.6 Å². The number of benzene rings is 1. The Morgan fingerprint density at radius 2 is 2.08 bits per heavy atom. The first-order chi connectivity index (χ1) is 12.3. The van der Waals surface area contributed by atoms with E-state index < -0.39 is 0 Å². The van der Waals surface area contributed by atoms with Gasteiger partial charge in [-0.2, -0.15) is 0 Å². The molecule has 5 nitrogen and oxygen atoms in total. The fraction of sp³-hybridized carbons (Fsp3) is 0.650. The van der Waals surface area contributed by atoms with Gasteiger partial charge in [-0.25, -0.2) is 0 Å². The maximum Gasteiger partial charge on any atom is 0.227 e. The third kappa shape index (κ3) is 3.89. The van der Waals surface area contributed by atoms with Gasteiger partial charge in [0.2, 0.25) is 5.91 Å². The summed E-state index contributed by atoms with van der Waals surface area (Å²) >= 11 is 0. The summed E-state index contributed by atoms with van der Waals surface area (Å²) in [5.74, 6) is 0.920. The van der Waals surface area contributed by atoms with Crippen LogP contribution in [0.2, 0.25) is 0 Å². The molecule has 0 aromatic heterocycles. The highest BCUT2D eigenvalue weighted by Crippen LogP contribution is 2.30. The van der Waals surface area contributed by atoms with Gasteiger partial charge < -0.3 is 20.3 Å². The van der Waals surface area contributed by atoms with Crippen LogP contribution < -0.4 is 15.5 Å². The Balaban J connectivity index is 1.32. The molecule has 1 amide bonds. The van der Waals surface area contributed by atoms with Crippen LogP contribution >= 0.6 is 0 Å². The van der Waals surface area contributed by atoms with Crippen molar-refractivity contribution < 1.29 is 9.53 Å². The zero-order valence-corrected chi connectivity index (χ0v) is 14.9. The van der Waals surface area contributed by atoms with Crippen molar-refractivity contribution >= 4 is 11.6 Å². The van der Waals surface area contributed by atoms with Crippen LogP contribution in [0.25, 0.3) is 0 Å². The number of carbonyl (C=O) groups excluding carboxylic acids is 1. The summed E-state index contributed by atoms with van der Waals surface area (Å²) in [6.07, 6.45) is 5.50. The van der Waals surface area contributed by atoms with Gasteiger partial charge in [0.1, 0.15) is 0 Å². The third-order valence-electron chi connectivity index (χ3n) is 5.93. The predicted octanol–water partition coefficient (Wildman–Crippen LogP) is 2.06. The lowest BCUT2D eigenvalue weighted by molar-refractivity contribution is -0.117. The molecule has 0 radical (unpaired) electrons. The first-order valence-electron chi connectivity index (χ1n) is 9.75. The highest BCUT2D eigenvalue weighted by molar-refractivity contribution is 5.95. The first kappa shape index (κ1) is 17.0. The van der Waals surface area contributed by atoms with Crippen LogP contribution in [0.4, 0.5) is 5.69 Å². The molecule has 0 bridgehead atoms. The number of amides is 1. The second-order valence-corrected chi connectivity index (χ2v) is 7.53. The molecule has 3 unspecified atom stereocenters. The summed E-state index contributed by atoms with van der Waals surface area (Å²) < 4.78 is 5.65. The van der Waals surface area contributed by atoms with Crippen molar-refractivity contribution in [2.75, 3.05) is 31.2 Å². The lowest BCUT2D eigenvalue weighted by Crippen LogP contribution is -2.50. The van der Waals surface area contributed by atoms with Crippen LogP contribution in [-0.2, 0) is 16.1 Å². The number of ether oxygens (including phenoxy) is 1. The van der Waals surface area contributed by atoms with Crippen molar-refractivity contribution in [3.05, 3.63) is 29.8 Å². The van der Waals surface area contributed by atoms with Crippen LogP contribution in [0.5, 0.6) is 0 Å². The monoisotopic (exact) mass is 343 g/mol. The average molecular weight is 343 g/mol. The van der Waals surface area contributed by atoms with Gasteiger partial charge in [0.25, 0.3) is 0 Å². The number of carbonyl (C=O) groups is 1. The molecular weight excluding hydrogens is 314 g/mol. The minimum Gasteiger partial charge on any atom is -0.379 e. The number of nitrogens with one attached hydrogen (secondary N) is 2. The fourth-order valence-electron chi connectivity index (χ4n) is 4.55. The molecule has 136 valence electrons. The Kier molecular flexibility index (Phi) is 5.34. The van der Waals surface area contributed by atoms with Crippen molar-refractivity contribution in [1.82, 2.24) is 10.6 Å². The Hall–Kier alpha value is -1.43. The normalized spacial score (nSPS) is 30.2. The van der Waals surface area contributed by atoms with Gasteiger partial charge in [-0.15, -0.1) is 0 Å². The number of hydrogen-bond acceptors (Lipinski definition) is 4. The second-order valence-electron chi connectivity index (χ2n) is 7.53. The zero-order chi connectivity index (χ0) is 17.1. The van der Waals surface area contributed by atoms with Gasteiger partial charge in [0.05, 0.1) is 13.2 Å². The van der Waals surface area contributed by atoms with Crippen molar-refractivity contribution in [3.63, 3.8) is 0 Å². The maximum absolute atomic E-state index is 11.8. The molecule has 1 aliphatic carbocycles. The Morgan fingerprint density at radius 3 is 2.80 bits per heavy atom. The molecule has 0 spiro atoms. The molecule has 5 heteroatoms. The summed E-state index contributed by atoms with van der Waals surface area (Å²) in [4.78, 5) is 13.7. The van der Waals surface area contributed by atoms with E-state index in [1.54, 1.807) is 0 Å². The van der Waals surface area contributed by atoms with Crippen LogP contribution in [0.3, 0.4) is 0 Å². The molecule has 3 fully saturated rings. The number of rotatable bonds is 5. The van der Waals surface area contributed by atoms with Crippen LogP contribution in [0.15, 0.2) is 24.3 Å². The second kappa shape index (κ2) is 7.85. The molecular formula is C20H29N3O2. The van der Waals surface area contributed by atoms with E-state index in [1.165, 1.54) is 24.8 Å². The van der Waals surface area contributed by atoms with Crippen LogP contribution in [-0.4, -0.2) is 44.3 Å². The van der Waals surface area contributed by atoms with E-state index in [2.05, 4.69) is 34.9 Å². The maximum atomic E-state index is 11.8. The van der Waals surface area contributed by atoms with Crippen molar-refractivity contribution in [2.45, 2.75) is 50.7 Å². The van der Waals surface area contributed by atoms with Crippen LogP contribution in [0, 0.1) is 5.92 Å². The number of anilines is 1. The topological polar surface area (TPSA) is 53.6 Å². The van der Waals surface area contributed by atoms with Gasteiger partial charge >= 0.3 is 0 Å². The number of nitrogens with zero attached hydrogens (tertiary/aromatic N) is 1. The summed E-state index contributed by atoms with van der Waals surface area (Å²) in [6, 6.07) is 9.54.